The van der Waals surface area contributed by atoms with Gasteiger partial charge in [-0.2, -0.15) is 0 Å². The Bertz CT molecular complexity index is 426. The number of carboxylic acids is 1. The second kappa shape index (κ2) is 6.89. The summed E-state index contributed by atoms with van der Waals surface area (Å²) >= 11 is 0. The second-order valence-electron chi connectivity index (χ2n) is 5.89. The molecule has 0 aromatic rings. The van der Waals surface area contributed by atoms with Crippen molar-refractivity contribution in [1.82, 2.24) is 15.1 Å². The number of urea groups is 1. The third kappa shape index (κ3) is 4.17. The molecule has 0 bridgehead atoms. The van der Waals surface area contributed by atoms with Crippen molar-refractivity contribution < 1.29 is 19.5 Å². The molecule has 7 heteroatoms. The van der Waals surface area contributed by atoms with Gasteiger partial charge in [-0.05, 0) is 26.3 Å². The Labute approximate surface area is 124 Å². The second-order valence-corrected chi connectivity index (χ2v) is 5.89. The number of carbonyl (C=O) groups excluding carboxylic acids is 2. The van der Waals surface area contributed by atoms with Crippen LogP contribution in [0.3, 0.4) is 0 Å². The van der Waals surface area contributed by atoms with Crippen LogP contribution in [0.4, 0.5) is 4.79 Å². The molecule has 2 N–H and O–H groups in total. The van der Waals surface area contributed by atoms with Crippen LogP contribution in [0, 0.1) is 0 Å². The number of nitrogens with zero attached hydrogens (tertiary/aromatic N) is 2. The highest BCUT2D eigenvalue weighted by Crippen LogP contribution is 2.23. The number of rotatable bonds is 3. The zero-order chi connectivity index (χ0) is 15.4. The van der Waals surface area contributed by atoms with Gasteiger partial charge in [0.1, 0.15) is 0 Å². The summed E-state index contributed by atoms with van der Waals surface area (Å²) in [5.74, 6) is -1.57. The van der Waals surface area contributed by atoms with Crippen LogP contribution >= 0.6 is 0 Å². The Morgan fingerprint density at radius 3 is 2.67 bits per heavy atom. The third-order valence-electron chi connectivity index (χ3n) is 4.26. The summed E-state index contributed by atoms with van der Waals surface area (Å²) in [6.45, 7) is 4.54. The van der Waals surface area contributed by atoms with Gasteiger partial charge in [-0.25, -0.2) is 4.79 Å². The number of hydrogen-bond donors (Lipinski definition) is 2. The number of fused-ring (bicyclic) bond motifs is 1. The van der Waals surface area contributed by atoms with E-state index in [2.05, 4.69) is 10.2 Å². The molecule has 2 atom stereocenters. The van der Waals surface area contributed by atoms with Crippen LogP contribution in [0.15, 0.2) is 0 Å². The van der Waals surface area contributed by atoms with Crippen molar-refractivity contribution in [3.05, 3.63) is 0 Å². The number of amides is 3. The number of aliphatic carboxylic acids is 1. The van der Waals surface area contributed by atoms with E-state index in [0.717, 1.165) is 19.5 Å². The van der Waals surface area contributed by atoms with Crippen LogP contribution in [-0.4, -0.2) is 64.5 Å². The van der Waals surface area contributed by atoms with E-state index < -0.39 is 17.9 Å². The lowest BCUT2D eigenvalue weighted by Gasteiger charge is -2.47. The summed E-state index contributed by atoms with van der Waals surface area (Å²) in [7, 11) is 0. The largest absolute Gasteiger partial charge is 0.481 e. The summed E-state index contributed by atoms with van der Waals surface area (Å²) in [6, 6.07) is 0.0459. The van der Waals surface area contributed by atoms with Gasteiger partial charge in [0, 0.05) is 31.6 Å². The van der Waals surface area contributed by atoms with Gasteiger partial charge < -0.3 is 10.0 Å². The Morgan fingerprint density at radius 1 is 1.19 bits per heavy atom. The first-order valence-corrected chi connectivity index (χ1v) is 7.53. The number of piperidine rings is 1. The molecule has 2 heterocycles. The van der Waals surface area contributed by atoms with Crippen molar-refractivity contribution >= 4 is 17.9 Å². The predicted octanol–water partition coefficient (Wildman–Crippen LogP) is 0.646. The fourth-order valence-corrected chi connectivity index (χ4v) is 3.11. The van der Waals surface area contributed by atoms with Crippen molar-refractivity contribution in [2.24, 2.45) is 0 Å². The van der Waals surface area contributed by atoms with Crippen molar-refractivity contribution in [3.8, 4) is 0 Å². The van der Waals surface area contributed by atoms with Crippen LogP contribution in [0.5, 0.6) is 0 Å². The molecular formula is C14H23N3O4. The summed E-state index contributed by atoms with van der Waals surface area (Å²) < 4.78 is 0. The van der Waals surface area contributed by atoms with Crippen LogP contribution in [0.2, 0.25) is 0 Å². The lowest BCUT2D eigenvalue weighted by molar-refractivity contribution is -0.138. The lowest BCUT2D eigenvalue weighted by Crippen LogP contribution is -2.62. The molecule has 0 radical (unpaired) electrons. The normalized spacial score (nSPS) is 26.0. The Hall–Kier alpha value is -1.63. The zero-order valence-electron chi connectivity index (χ0n) is 12.4. The van der Waals surface area contributed by atoms with E-state index in [9.17, 15) is 14.4 Å². The maximum atomic E-state index is 12.2. The van der Waals surface area contributed by atoms with Gasteiger partial charge in [0.2, 0.25) is 5.91 Å². The van der Waals surface area contributed by atoms with Crippen LogP contribution < -0.4 is 5.32 Å². The van der Waals surface area contributed by atoms with Gasteiger partial charge in [0.25, 0.3) is 0 Å². The third-order valence-corrected chi connectivity index (χ3v) is 4.26. The minimum absolute atomic E-state index is 0.0617. The molecule has 0 aromatic heterocycles. The predicted molar refractivity (Wildman–Crippen MR) is 75.8 cm³/mol. The smallest absolute Gasteiger partial charge is 0.324 e. The maximum Gasteiger partial charge on any atom is 0.324 e. The fraction of sp³-hybridized carbons (Fsp3) is 0.786. The van der Waals surface area contributed by atoms with Crippen molar-refractivity contribution in [2.75, 3.05) is 19.6 Å². The molecule has 118 valence electrons. The van der Waals surface area contributed by atoms with E-state index in [-0.39, 0.29) is 18.9 Å². The van der Waals surface area contributed by atoms with Crippen LogP contribution in [0.25, 0.3) is 0 Å². The fourth-order valence-electron chi connectivity index (χ4n) is 3.11. The lowest BCUT2D eigenvalue weighted by atomic mass is 9.97. The van der Waals surface area contributed by atoms with Crippen LogP contribution in [0.1, 0.15) is 39.0 Å². The Balaban J connectivity index is 1.86. The summed E-state index contributed by atoms with van der Waals surface area (Å²) in [5, 5.41) is 10.8. The molecule has 0 aromatic carbocycles. The Morgan fingerprint density at radius 2 is 1.95 bits per heavy atom. The highest BCUT2D eigenvalue weighted by molar-refractivity contribution is 5.95. The number of nitrogens with one attached hydrogen (secondary N) is 1. The molecule has 2 fully saturated rings. The van der Waals surface area contributed by atoms with E-state index in [1.54, 1.807) is 4.90 Å². The van der Waals surface area contributed by atoms with Gasteiger partial charge in [-0.1, -0.05) is 6.42 Å². The number of carboxylic acid groups (broad SMARTS) is 1. The van der Waals surface area contributed by atoms with E-state index in [4.69, 9.17) is 5.11 Å². The highest BCUT2D eigenvalue weighted by atomic mass is 16.4. The minimum atomic E-state index is -1.04. The van der Waals surface area contributed by atoms with Crippen molar-refractivity contribution in [2.45, 2.75) is 51.1 Å². The van der Waals surface area contributed by atoms with E-state index in [0.29, 0.717) is 12.6 Å². The van der Waals surface area contributed by atoms with Crippen molar-refractivity contribution in [3.63, 3.8) is 0 Å². The molecule has 2 aliphatic rings. The molecule has 3 amide bonds. The molecule has 0 aliphatic carbocycles. The average molecular weight is 297 g/mol. The summed E-state index contributed by atoms with van der Waals surface area (Å²) in [5.41, 5.74) is 0. The quantitative estimate of drug-likeness (QED) is 0.798. The molecule has 21 heavy (non-hydrogen) atoms. The summed E-state index contributed by atoms with van der Waals surface area (Å²) in [6.07, 6.45) is 3.05. The van der Waals surface area contributed by atoms with Gasteiger partial charge in [0.15, 0.2) is 0 Å². The van der Waals surface area contributed by atoms with Gasteiger partial charge in [-0.15, -0.1) is 0 Å². The molecule has 2 unspecified atom stereocenters. The topological polar surface area (TPSA) is 90.0 Å². The molecule has 2 rings (SSSR count). The number of imide groups is 1. The molecule has 2 saturated heterocycles. The minimum Gasteiger partial charge on any atom is -0.481 e. The molecule has 7 nitrogen and oxygen atoms in total. The first-order chi connectivity index (χ1) is 9.97. The molecular weight excluding hydrogens is 274 g/mol. The first kappa shape index (κ1) is 15.8. The highest BCUT2D eigenvalue weighted by Gasteiger charge is 2.35. The molecule has 2 aliphatic heterocycles. The average Bonchev–Trinajstić information content (AvgIpc) is 2.44. The standard InChI is InChI=1S/C14H23N3O4/c1-10-8-16-7-3-2-4-11(16)9-17(10)14(21)15-12(18)5-6-13(19)20/h10-11H,2-9H2,1H3,(H,19,20)(H,15,18,21). The van der Waals surface area contributed by atoms with Crippen molar-refractivity contribution in [1.29, 1.82) is 0 Å². The monoisotopic (exact) mass is 297 g/mol. The van der Waals surface area contributed by atoms with E-state index >= 15 is 0 Å². The van der Waals surface area contributed by atoms with E-state index in [1.165, 1.54) is 12.8 Å². The van der Waals surface area contributed by atoms with E-state index in [1.807, 2.05) is 6.92 Å². The SMILES string of the molecule is CC1CN2CCCCC2CN1C(=O)NC(=O)CCC(=O)O. The summed E-state index contributed by atoms with van der Waals surface area (Å²) in [4.78, 5) is 38.3. The number of piperazine rings is 1. The van der Waals surface area contributed by atoms with Gasteiger partial charge in [0.05, 0.1) is 6.42 Å². The van der Waals surface area contributed by atoms with Gasteiger partial charge >= 0.3 is 12.0 Å². The first-order valence-electron chi connectivity index (χ1n) is 7.53. The van der Waals surface area contributed by atoms with Crippen LogP contribution in [-0.2, 0) is 9.59 Å². The maximum absolute atomic E-state index is 12.2. The zero-order valence-corrected chi connectivity index (χ0v) is 12.4. The Kier molecular flexibility index (Phi) is 5.17. The number of hydrogen-bond acceptors (Lipinski definition) is 4. The molecule has 0 spiro atoms. The van der Waals surface area contributed by atoms with Gasteiger partial charge in [-0.3, -0.25) is 19.8 Å². The number of carbonyl (C=O) groups is 3. The molecule has 0 saturated carbocycles.